The average molecular weight is 340 g/mol. The molecular weight excluding hydrogens is 316 g/mol. The van der Waals surface area contributed by atoms with Crippen LogP contribution in [0.5, 0.6) is 5.88 Å². The molecule has 1 aromatic rings. The predicted molar refractivity (Wildman–Crippen MR) is 90.2 cm³/mol. The van der Waals surface area contributed by atoms with E-state index in [0.717, 1.165) is 6.42 Å². The van der Waals surface area contributed by atoms with Crippen LogP contribution in [0.3, 0.4) is 0 Å². The SMILES string of the molecule is COc1cc(N[C@@H]2CCN(C(=O)OC(C)(C)C)C2)nc(SC)n1. The molecule has 2 heterocycles. The summed E-state index contributed by atoms with van der Waals surface area (Å²) >= 11 is 1.46. The Morgan fingerprint density at radius 2 is 2.17 bits per heavy atom. The van der Waals surface area contributed by atoms with Gasteiger partial charge in [0.2, 0.25) is 5.88 Å². The van der Waals surface area contributed by atoms with E-state index in [-0.39, 0.29) is 12.1 Å². The highest BCUT2D eigenvalue weighted by Gasteiger charge is 2.30. The van der Waals surface area contributed by atoms with Gasteiger partial charge in [0.1, 0.15) is 11.4 Å². The predicted octanol–water partition coefficient (Wildman–Crippen LogP) is 2.63. The highest BCUT2D eigenvalue weighted by molar-refractivity contribution is 7.98. The van der Waals surface area contributed by atoms with Crippen LogP contribution in [-0.4, -0.2) is 59.1 Å². The van der Waals surface area contributed by atoms with Crippen molar-refractivity contribution in [3.63, 3.8) is 0 Å². The van der Waals surface area contributed by atoms with Crippen molar-refractivity contribution >= 4 is 23.7 Å². The molecule has 1 aromatic heterocycles. The van der Waals surface area contributed by atoms with Gasteiger partial charge in [-0.1, -0.05) is 11.8 Å². The zero-order valence-electron chi connectivity index (χ0n) is 14.3. The Labute approximate surface area is 141 Å². The lowest BCUT2D eigenvalue weighted by Gasteiger charge is -2.24. The number of ether oxygens (including phenoxy) is 2. The van der Waals surface area contributed by atoms with Crippen LogP contribution in [0.15, 0.2) is 11.2 Å². The molecule has 0 spiro atoms. The molecule has 2 rings (SSSR count). The molecule has 0 aliphatic carbocycles. The molecule has 1 atom stereocenters. The van der Waals surface area contributed by atoms with E-state index in [9.17, 15) is 4.79 Å². The number of carbonyl (C=O) groups is 1. The molecule has 1 fully saturated rings. The van der Waals surface area contributed by atoms with Gasteiger partial charge in [-0.2, -0.15) is 4.98 Å². The Balaban J connectivity index is 1.96. The summed E-state index contributed by atoms with van der Waals surface area (Å²) in [6.45, 7) is 6.87. The van der Waals surface area contributed by atoms with Crippen LogP contribution >= 0.6 is 11.8 Å². The lowest BCUT2D eigenvalue weighted by atomic mass is 10.2. The molecule has 7 nitrogen and oxygen atoms in total. The van der Waals surface area contributed by atoms with Gasteiger partial charge < -0.3 is 19.7 Å². The Kier molecular flexibility index (Phi) is 5.56. The minimum Gasteiger partial charge on any atom is -0.481 e. The van der Waals surface area contributed by atoms with E-state index in [1.54, 1.807) is 18.1 Å². The number of anilines is 1. The number of nitrogens with one attached hydrogen (secondary N) is 1. The van der Waals surface area contributed by atoms with Crippen molar-refractivity contribution < 1.29 is 14.3 Å². The molecule has 128 valence electrons. The normalized spacial score (nSPS) is 18.0. The van der Waals surface area contributed by atoms with Gasteiger partial charge in [-0.3, -0.25) is 0 Å². The Hall–Kier alpha value is -1.70. The van der Waals surface area contributed by atoms with E-state index in [1.807, 2.05) is 27.0 Å². The molecule has 1 amide bonds. The van der Waals surface area contributed by atoms with Crippen molar-refractivity contribution in [2.75, 3.05) is 31.8 Å². The van der Waals surface area contributed by atoms with E-state index in [2.05, 4.69) is 15.3 Å². The minimum absolute atomic E-state index is 0.136. The highest BCUT2D eigenvalue weighted by atomic mass is 32.2. The van der Waals surface area contributed by atoms with Crippen LogP contribution in [0.2, 0.25) is 0 Å². The molecule has 0 bridgehead atoms. The van der Waals surface area contributed by atoms with Crippen LogP contribution in [0, 0.1) is 0 Å². The van der Waals surface area contributed by atoms with Gasteiger partial charge in [0.15, 0.2) is 5.16 Å². The molecular formula is C15H24N4O3S. The second-order valence-corrected chi connectivity index (χ2v) is 7.11. The largest absolute Gasteiger partial charge is 0.481 e. The van der Waals surface area contributed by atoms with Gasteiger partial charge in [0.05, 0.1) is 7.11 Å². The highest BCUT2D eigenvalue weighted by Crippen LogP contribution is 2.22. The number of hydrogen-bond donors (Lipinski definition) is 1. The first kappa shape index (κ1) is 17.7. The molecule has 0 aromatic carbocycles. The van der Waals surface area contributed by atoms with E-state index in [4.69, 9.17) is 9.47 Å². The Morgan fingerprint density at radius 1 is 1.43 bits per heavy atom. The van der Waals surface area contributed by atoms with Crippen molar-refractivity contribution in [2.24, 2.45) is 0 Å². The van der Waals surface area contributed by atoms with Gasteiger partial charge in [-0.15, -0.1) is 0 Å². The topological polar surface area (TPSA) is 76.6 Å². The van der Waals surface area contributed by atoms with E-state index < -0.39 is 5.60 Å². The molecule has 8 heteroatoms. The second kappa shape index (κ2) is 7.25. The molecule has 1 aliphatic rings. The number of thioether (sulfide) groups is 1. The first-order valence-corrected chi connectivity index (χ1v) is 8.74. The second-order valence-electron chi connectivity index (χ2n) is 6.34. The lowest BCUT2D eigenvalue weighted by molar-refractivity contribution is 0.0293. The third-order valence-corrected chi connectivity index (χ3v) is 3.81. The van der Waals surface area contributed by atoms with Crippen LogP contribution in [0.25, 0.3) is 0 Å². The molecule has 1 saturated heterocycles. The van der Waals surface area contributed by atoms with Crippen LogP contribution in [0.4, 0.5) is 10.6 Å². The molecule has 0 unspecified atom stereocenters. The summed E-state index contributed by atoms with van der Waals surface area (Å²) < 4.78 is 10.6. The van der Waals surface area contributed by atoms with Gasteiger partial charge >= 0.3 is 6.09 Å². The number of likely N-dealkylation sites (tertiary alicyclic amines) is 1. The molecule has 1 N–H and O–H groups in total. The third-order valence-electron chi connectivity index (χ3n) is 3.27. The molecule has 1 aliphatic heterocycles. The maximum Gasteiger partial charge on any atom is 0.410 e. The van der Waals surface area contributed by atoms with Crippen LogP contribution in [0.1, 0.15) is 27.2 Å². The van der Waals surface area contributed by atoms with Crippen molar-refractivity contribution in [2.45, 2.75) is 44.0 Å². The Morgan fingerprint density at radius 3 is 2.78 bits per heavy atom. The summed E-state index contributed by atoms with van der Waals surface area (Å²) in [5, 5.41) is 3.99. The fourth-order valence-electron chi connectivity index (χ4n) is 2.25. The van der Waals surface area contributed by atoms with Crippen molar-refractivity contribution in [1.82, 2.24) is 14.9 Å². The van der Waals surface area contributed by atoms with E-state index in [1.165, 1.54) is 11.8 Å². The smallest absolute Gasteiger partial charge is 0.410 e. The fourth-order valence-corrected chi connectivity index (χ4v) is 2.62. The summed E-state index contributed by atoms with van der Waals surface area (Å²) in [5.74, 6) is 1.23. The van der Waals surface area contributed by atoms with Gasteiger partial charge in [-0.05, 0) is 33.4 Å². The van der Waals surface area contributed by atoms with Crippen molar-refractivity contribution in [3.05, 3.63) is 6.07 Å². The first-order valence-electron chi connectivity index (χ1n) is 7.52. The number of methoxy groups -OCH3 is 1. The average Bonchev–Trinajstić information content (AvgIpc) is 2.93. The van der Waals surface area contributed by atoms with Crippen molar-refractivity contribution in [3.8, 4) is 5.88 Å². The van der Waals surface area contributed by atoms with Crippen molar-refractivity contribution in [1.29, 1.82) is 0 Å². The molecule has 23 heavy (non-hydrogen) atoms. The quantitative estimate of drug-likeness (QED) is 0.667. The number of nitrogens with zero attached hydrogens (tertiary/aromatic N) is 3. The summed E-state index contributed by atoms with van der Waals surface area (Å²) in [4.78, 5) is 22.5. The number of hydrogen-bond acceptors (Lipinski definition) is 7. The first-order chi connectivity index (χ1) is 10.8. The maximum absolute atomic E-state index is 12.1. The summed E-state index contributed by atoms with van der Waals surface area (Å²) in [5.41, 5.74) is -0.476. The number of aromatic nitrogens is 2. The molecule has 0 saturated carbocycles. The lowest BCUT2D eigenvalue weighted by Crippen LogP contribution is -2.36. The van der Waals surface area contributed by atoms with E-state index >= 15 is 0 Å². The number of carbonyl (C=O) groups excluding carboxylic acids is 1. The third kappa shape index (κ3) is 5.16. The standard InChI is InChI=1S/C15H24N4O3S/c1-15(2,3)22-14(20)19-7-6-10(9-19)16-11-8-12(21-4)18-13(17-11)23-5/h8,10H,6-7,9H2,1-5H3,(H,16,17,18)/t10-/m1/s1. The van der Waals surface area contributed by atoms with E-state index in [0.29, 0.717) is 29.9 Å². The summed E-state index contributed by atoms with van der Waals surface area (Å²) in [7, 11) is 1.58. The summed E-state index contributed by atoms with van der Waals surface area (Å²) in [6, 6.07) is 1.90. The van der Waals surface area contributed by atoms with Gasteiger partial charge in [0, 0.05) is 25.2 Å². The monoisotopic (exact) mass is 340 g/mol. The number of amides is 1. The van der Waals surface area contributed by atoms with Crippen LogP contribution in [-0.2, 0) is 4.74 Å². The zero-order valence-corrected chi connectivity index (χ0v) is 15.1. The van der Waals surface area contributed by atoms with Gasteiger partial charge in [-0.25, -0.2) is 9.78 Å². The van der Waals surface area contributed by atoms with Crippen LogP contribution < -0.4 is 10.1 Å². The number of rotatable bonds is 4. The van der Waals surface area contributed by atoms with Gasteiger partial charge in [0.25, 0.3) is 0 Å². The molecule has 0 radical (unpaired) electrons. The zero-order chi connectivity index (χ0) is 17.0. The Bertz CT molecular complexity index is 540. The fraction of sp³-hybridized carbons (Fsp3) is 0.667. The minimum atomic E-state index is -0.476. The summed E-state index contributed by atoms with van der Waals surface area (Å²) in [6.07, 6.45) is 2.49. The maximum atomic E-state index is 12.1.